The van der Waals surface area contributed by atoms with Gasteiger partial charge in [-0.3, -0.25) is 4.79 Å². The average Bonchev–Trinajstić information content (AvgIpc) is 2.69. The minimum Gasteiger partial charge on any atom is -0.462 e. The second kappa shape index (κ2) is 10.9. The van der Waals surface area contributed by atoms with Crippen LogP contribution in [0.15, 0.2) is 0 Å². The van der Waals surface area contributed by atoms with Gasteiger partial charge in [0, 0.05) is 0 Å². The lowest BCUT2D eigenvalue weighted by Gasteiger charge is -2.42. The van der Waals surface area contributed by atoms with E-state index >= 15 is 0 Å². The highest BCUT2D eigenvalue weighted by Gasteiger charge is 2.38. The Morgan fingerprint density at radius 1 is 0.815 bits per heavy atom. The third-order valence-electron chi connectivity index (χ3n) is 8.02. The van der Waals surface area contributed by atoms with Gasteiger partial charge in [0.05, 0.1) is 5.92 Å². The van der Waals surface area contributed by atoms with E-state index in [0.717, 1.165) is 49.4 Å². The summed E-state index contributed by atoms with van der Waals surface area (Å²) < 4.78 is 5.93. The Morgan fingerprint density at radius 3 is 2.30 bits per heavy atom. The third kappa shape index (κ3) is 6.50. The molecule has 3 fully saturated rings. The van der Waals surface area contributed by atoms with E-state index in [0.29, 0.717) is 0 Å². The first-order valence-electron chi connectivity index (χ1n) is 12.4. The van der Waals surface area contributed by atoms with Gasteiger partial charge in [-0.1, -0.05) is 58.8 Å². The molecule has 0 N–H and O–H groups in total. The highest BCUT2D eigenvalue weighted by molar-refractivity contribution is 5.72. The molecule has 0 heterocycles. The van der Waals surface area contributed by atoms with Crippen LogP contribution in [0, 0.1) is 29.6 Å². The van der Waals surface area contributed by atoms with Gasteiger partial charge in [-0.15, -0.1) is 0 Å². The van der Waals surface area contributed by atoms with Gasteiger partial charge in [-0.05, 0) is 81.5 Å². The molecular formula is C25H44O2. The van der Waals surface area contributed by atoms with Crippen LogP contribution in [0.25, 0.3) is 0 Å². The zero-order valence-corrected chi connectivity index (χ0v) is 18.1. The van der Waals surface area contributed by atoms with Crippen molar-refractivity contribution in [3.05, 3.63) is 0 Å². The molecule has 27 heavy (non-hydrogen) atoms. The number of unbranched alkanes of at least 4 members (excludes halogenated alkanes) is 4. The molecule has 3 rings (SSSR count). The van der Waals surface area contributed by atoms with Crippen molar-refractivity contribution in [3.8, 4) is 0 Å². The van der Waals surface area contributed by atoms with E-state index < -0.39 is 0 Å². The van der Waals surface area contributed by atoms with Crippen LogP contribution in [0.3, 0.4) is 0 Å². The zero-order chi connectivity index (χ0) is 19.1. The lowest BCUT2D eigenvalue weighted by molar-refractivity contribution is -0.158. The van der Waals surface area contributed by atoms with Crippen molar-refractivity contribution >= 4 is 5.97 Å². The molecule has 0 aromatic heterocycles. The molecule has 3 aliphatic carbocycles. The van der Waals surface area contributed by atoms with Crippen molar-refractivity contribution in [3.63, 3.8) is 0 Å². The molecule has 0 radical (unpaired) electrons. The Kier molecular flexibility index (Phi) is 8.52. The predicted molar refractivity (Wildman–Crippen MR) is 113 cm³/mol. The predicted octanol–water partition coefficient (Wildman–Crippen LogP) is 7.30. The summed E-state index contributed by atoms with van der Waals surface area (Å²) in [7, 11) is 0. The molecule has 3 aliphatic rings. The molecule has 2 heteroatoms. The summed E-state index contributed by atoms with van der Waals surface area (Å²) >= 11 is 0. The van der Waals surface area contributed by atoms with E-state index in [1.165, 1.54) is 77.0 Å². The number of esters is 1. The molecule has 3 saturated carbocycles. The van der Waals surface area contributed by atoms with Crippen LogP contribution in [0.5, 0.6) is 0 Å². The summed E-state index contributed by atoms with van der Waals surface area (Å²) in [4.78, 5) is 12.7. The largest absolute Gasteiger partial charge is 0.462 e. The highest BCUT2D eigenvalue weighted by Crippen LogP contribution is 2.46. The van der Waals surface area contributed by atoms with Crippen molar-refractivity contribution in [2.45, 2.75) is 123 Å². The molecule has 0 bridgehead atoms. The summed E-state index contributed by atoms with van der Waals surface area (Å²) in [6, 6.07) is 0. The van der Waals surface area contributed by atoms with Gasteiger partial charge in [0.2, 0.25) is 0 Å². The summed E-state index contributed by atoms with van der Waals surface area (Å²) in [5.41, 5.74) is 0. The van der Waals surface area contributed by atoms with Gasteiger partial charge in [0.25, 0.3) is 0 Å². The lowest BCUT2D eigenvalue weighted by Crippen LogP contribution is -2.36. The van der Waals surface area contributed by atoms with E-state index in [9.17, 15) is 4.79 Å². The Hall–Kier alpha value is -0.530. The summed E-state index contributed by atoms with van der Waals surface area (Å²) in [5, 5.41) is 0. The van der Waals surface area contributed by atoms with Crippen LogP contribution >= 0.6 is 0 Å². The van der Waals surface area contributed by atoms with Crippen molar-refractivity contribution in [1.82, 2.24) is 0 Å². The summed E-state index contributed by atoms with van der Waals surface area (Å²) in [6.45, 7) is 4.61. The van der Waals surface area contributed by atoms with E-state index in [2.05, 4.69) is 13.8 Å². The number of ether oxygens (including phenoxy) is 1. The van der Waals surface area contributed by atoms with Crippen molar-refractivity contribution in [1.29, 1.82) is 0 Å². The fourth-order valence-corrected chi connectivity index (χ4v) is 6.11. The van der Waals surface area contributed by atoms with E-state index in [1.807, 2.05) is 0 Å². The highest BCUT2D eigenvalue weighted by atomic mass is 16.5. The fraction of sp³-hybridized carbons (Fsp3) is 0.960. The second-order valence-electron chi connectivity index (χ2n) is 10.2. The van der Waals surface area contributed by atoms with E-state index in [1.54, 1.807) is 0 Å². The molecular weight excluding hydrogens is 332 g/mol. The maximum absolute atomic E-state index is 12.7. The first-order chi connectivity index (χ1) is 13.2. The van der Waals surface area contributed by atoms with Gasteiger partial charge in [-0.2, -0.15) is 0 Å². The number of fused-ring (bicyclic) bond motifs is 1. The normalized spacial score (nSPS) is 36.8. The van der Waals surface area contributed by atoms with Gasteiger partial charge < -0.3 is 4.74 Å². The van der Waals surface area contributed by atoms with E-state index in [4.69, 9.17) is 4.74 Å². The Bertz CT molecular complexity index is 438. The van der Waals surface area contributed by atoms with Crippen LogP contribution in [0.4, 0.5) is 0 Å². The maximum atomic E-state index is 12.7. The molecule has 0 aliphatic heterocycles. The van der Waals surface area contributed by atoms with E-state index in [-0.39, 0.29) is 18.0 Å². The average molecular weight is 377 g/mol. The summed E-state index contributed by atoms with van der Waals surface area (Å²) in [5.74, 6) is 3.85. The molecule has 0 aromatic rings. The number of rotatable bonds is 8. The molecule has 0 aromatic carbocycles. The molecule has 0 spiro atoms. The monoisotopic (exact) mass is 376 g/mol. The van der Waals surface area contributed by atoms with Crippen LogP contribution in [-0.2, 0) is 9.53 Å². The molecule has 2 nitrogen and oxygen atoms in total. The Morgan fingerprint density at radius 2 is 1.52 bits per heavy atom. The smallest absolute Gasteiger partial charge is 0.309 e. The molecule has 0 amide bonds. The fourth-order valence-electron chi connectivity index (χ4n) is 6.11. The summed E-state index contributed by atoms with van der Waals surface area (Å²) in [6.07, 6.45) is 21.1. The molecule has 4 unspecified atom stereocenters. The van der Waals surface area contributed by atoms with Gasteiger partial charge in [0.1, 0.15) is 6.10 Å². The number of hydrogen-bond donors (Lipinski definition) is 0. The number of carbonyl (C=O) groups excluding carboxylic acids is 1. The topological polar surface area (TPSA) is 26.3 Å². The third-order valence-corrected chi connectivity index (χ3v) is 8.02. The standard InChI is InChI=1S/C25H44O2/c1-3-4-5-6-7-8-20-11-12-22-18-23(14-13-21(22)17-20)25(26)27-24-15-9-19(2)10-16-24/h19-24H,3-18H2,1-2H3. The number of hydrogen-bond acceptors (Lipinski definition) is 2. The second-order valence-corrected chi connectivity index (χ2v) is 10.2. The van der Waals surface area contributed by atoms with Gasteiger partial charge >= 0.3 is 5.97 Å². The van der Waals surface area contributed by atoms with Crippen LogP contribution < -0.4 is 0 Å². The molecule has 156 valence electrons. The van der Waals surface area contributed by atoms with Crippen molar-refractivity contribution in [2.24, 2.45) is 29.6 Å². The van der Waals surface area contributed by atoms with Crippen LogP contribution in [-0.4, -0.2) is 12.1 Å². The zero-order valence-electron chi connectivity index (χ0n) is 18.1. The van der Waals surface area contributed by atoms with Gasteiger partial charge in [0.15, 0.2) is 0 Å². The number of carbonyl (C=O) groups is 1. The van der Waals surface area contributed by atoms with Crippen molar-refractivity contribution in [2.75, 3.05) is 0 Å². The minimum atomic E-state index is 0.144. The van der Waals surface area contributed by atoms with Gasteiger partial charge in [-0.25, -0.2) is 0 Å². The Labute approximate surface area is 168 Å². The first-order valence-corrected chi connectivity index (χ1v) is 12.4. The maximum Gasteiger partial charge on any atom is 0.309 e. The quantitative estimate of drug-likeness (QED) is 0.328. The lowest BCUT2D eigenvalue weighted by atomic mass is 9.64. The molecule has 0 saturated heterocycles. The first kappa shape index (κ1) is 21.2. The van der Waals surface area contributed by atoms with Crippen molar-refractivity contribution < 1.29 is 9.53 Å². The van der Waals surface area contributed by atoms with Crippen LogP contribution in [0.2, 0.25) is 0 Å². The SMILES string of the molecule is CCCCCCCC1CCC2CC(C(=O)OC3CCC(C)CC3)CCC2C1. The van der Waals surface area contributed by atoms with Crippen LogP contribution in [0.1, 0.15) is 117 Å². The minimum absolute atomic E-state index is 0.144. The Balaban J connectivity index is 1.35. The molecule has 4 atom stereocenters.